The number of aliphatic carboxylic acids is 3. The van der Waals surface area contributed by atoms with Crippen molar-refractivity contribution in [3.8, 4) is 0 Å². The standard InChI is InChI=1S/C6H8O6.4Na.4H/c7-4(8)1-3(6(11)12)2-5(9)10;;;;;;;;/h3H,1-2H2,(H,7,8)(H,9,10)(H,11,12);;;;;;;;/q;4*+1;4*-1. The molecule has 0 saturated heterocycles. The molecule has 0 saturated carbocycles. The Morgan fingerprint density at radius 3 is 1.19 bits per heavy atom. The molecular weight excluding hydrogens is 260 g/mol. The third-order valence-corrected chi connectivity index (χ3v) is 1.19. The summed E-state index contributed by atoms with van der Waals surface area (Å²) in [6.45, 7) is 0. The van der Waals surface area contributed by atoms with Gasteiger partial charge in [0.1, 0.15) is 0 Å². The second-order valence-electron chi connectivity index (χ2n) is 2.23. The van der Waals surface area contributed by atoms with Gasteiger partial charge in [-0.3, -0.25) is 14.4 Å². The molecule has 6 nitrogen and oxygen atoms in total. The van der Waals surface area contributed by atoms with E-state index in [1.807, 2.05) is 0 Å². The van der Waals surface area contributed by atoms with Crippen molar-refractivity contribution in [1.82, 2.24) is 0 Å². The summed E-state index contributed by atoms with van der Waals surface area (Å²) >= 11 is 0. The number of hydrogen-bond acceptors (Lipinski definition) is 3. The van der Waals surface area contributed by atoms with E-state index < -0.39 is 36.7 Å². The van der Waals surface area contributed by atoms with Gasteiger partial charge in [-0.25, -0.2) is 0 Å². The number of hydrogen-bond donors (Lipinski definition) is 3. The van der Waals surface area contributed by atoms with Crippen LogP contribution in [0.2, 0.25) is 0 Å². The molecule has 0 spiro atoms. The van der Waals surface area contributed by atoms with E-state index in [1.54, 1.807) is 0 Å². The van der Waals surface area contributed by atoms with Crippen LogP contribution in [0.25, 0.3) is 0 Å². The van der Waals surface area contributed by atoms with Gasteiger partial charge in [0.2, 0.25) is 0 Å². The van der Waals surface area contributed by atoms with Crippen LogP contribution in [0.4, 0.5) is 0 Å². The summed E-state index contributed by atoms with van der Waals surface area (Å²) in [4.78, 5) is 30.3. The third-order valence-electron chi connectivity index (χ3n) is 1.19. The number of carboxylic acids is 3. The van der Waals surface area contributed by atoms with Gasteiger partial charge >= 0.3 is 136 Å². The van der Waals surface area contributed by atoms with Gasteiger partial charge in [-0.2, -0.15) is 0 Å². The first-order valence-corrected chi connectivity index (χ1v) is 3.10. The Morgan fingerprint density at radius 2 is 1.06 bits per heavy atom. The molecule has 0 heterocycles. The van der Waals surface area contributed by atoms with Crippen molar-refractivity contribution < 1.29 is 154 Å². The molecule has 0 amide bonds. The molecule has 0 fully saturated rings. The fraction of sp³-hybridized carbons (Fsp3) is 0.500. The fourth-order valence-corrected chi connectivity index (χ4v) is 0.668. The van der Waals surface area contributed by atoms with Gasteiger partial charge < -0.3 is 21.0 Å². The second-order valence-corrected chi connectivity index (χ2v) is 2.23. The van der Waals surface area contributed by atoms with Gasteiger partial charge in [0.25, 0.3) is 0 Å². The zero-order valence-electron chi connectivity index (χ0n) is 14.1. The van der Waals surface area contributed by atoms with Crippen LogP contribution in [-0.2, 0) is 14.4 Å². The van der Waals surface area contributed by atoms with Crippen molar-refractivity contribution in [2.45, 2.75) is 12.8 Å². The molecule has 16 heavy (non-hydrogen) atoms. The molecule has 0 aliphatic rings. The molecule has 0 atom stereocenters. The Hall–Kier alpha value is 2.41. The van der Waals surface area contributed by atoms with E-state index in [-0.39, 0.29) is 124 Å². The normalized spacial score (nSPS) is 7.31. The third kappa shape index (κ3) is 18.8. The number of rotatable bonds is 5. The molecule has 0 aromatic carbocycles. The predicted molar refractivity (Wildman–Crippen MR) is 40.1 cm³/mol. The van der Waals surface area contributed by atoms with Gasteiger partial charge in [0.05, 0.1) is 18.8 Å². The van der Waals surface area contributed by atoms with Gasteiger partial charge in [-0.05, 0) is 0 Å². The zero-order valence-corrected chi connectivity index (χ0v) is 18.1. The Morgan fingerprint density at radius 1 is 0.812 bits per heavy atom. The summed E-state index contributed by atoms with van der Waals surface area (Å²) < 4.78 is 0. The molecule has 0 rings (SSSR count). The smallest absolute Gasteiger partial charge is 1.00 e. The predicted octanol–water partition coefficient (Wildman–Crippen LogP) is -11.9. The van der Waals surface area contributed by atoms with Crippen LogP contribution in [0, 0.1) is 5.92 Å². The monoisotopic (exact) mass is 272 g/mol. The molecule has 0 bridgehead atoms. The minimum Gasteiger partial charge on any atom is -1.00 e. The Balaban J connectivity index is -0.0000000216. The average molecular weight is 272 g/mol. The SMILES string of the molecule is O=C(O)CC(CC(=O)O)C(=O)O.[H-].[H-].[H-].[H-].[Na+].[Na+].[Na+].[Na+]. The maximum absolute atomic E-state index is 10.2. The van der Waals surface area contributed by atoms with Gasteiger partial charge in [-0.1, -0.05) is 0 Å². The van der Waals surface area contributed by atoms with E-state index in [0.29, 0.717) is 0 Å². The van der Waals surface area contributed by atoms with E-state index in [1.165, 1.54) is 0 Å². The van der Waals surface area contributed by atoms with E-state index in [0.717, 1.165) is 0 Å². The molecule has 0 aromatic rings. The van der Waals surface area contributed by atoms with Crippen LogP contribution in [0.3, 0.4) is 0 Å². The van der Waals surface area contributed by atoms with Crippen molar-refractivity contribution in [3.63, 3.8) is 0 Å². The molecule has 0 radical (unpaired) electrons. The first kappa shape index (κ1) is 31.0. The zero-order chi connectivity index (χ0) is 9.72. The Bertz CT molecular complexity index is 220. The Labute approximate surface area is 187 Å². The quantitative estimate of drug-likeness (QED) is 0.428. The molecule has 0 aliphatic heterocycles. The maximum atomic E-state index is 10.2. The number of carbonyl (C=O) groups is 3. The minimum absolute atomic E-state index is 0. The summed E-state index contributed by atoms with van der Waals surface area (Å²) in [6, 6.07) is 0. The van der Waals surface area contributed by atoms with Crippen LogP contribution in [0.15, 0.2) is 0 Å². The molecule has 0 aliphatic carbocycles. The van der Waals surface area contributed by atoms with E-state index in [4.69, 9.17) is 15.3 Å². The van der Waals surface area contributed by atoms with E-state index in [2.05, 4.69) is 0 Å². The van der Waals surface area contributed by atoms with Crippen LogP contribution in [0.1, 0.15) is 18.5 Å². The largest absolute Gasteiger partial charge is 1.00 e. The van der Waals surface area contributed by atoms with Gasteiger partial charge in [0.15, 0.2) is 0 Å². The van der Waals surface area contributed by atoms with Crippen molar-refractivity contribution >= 4 is 17.9 Å². The summed E-state index contributed by atoms with van der Waals surface area (Å²) in [5.41, 5.74) is 0. The minimum atomic E-state index is -1.40. The average Bonchev–Trinajstić information content (AvgIpc) is 1.83. The molecular formula is C6H12Na4O6. The van der Waals surface area contributed by atoms with Crippen LogP contribution in [-0.4, -0.2) is 33.2 Å². The molecule has 3 N–H and O–H groups in total. The molecule has 76 valence electrons. The van der Waals surface area contributed by atoms with Gasteiger partial charge in [0, 0.05) is 0 Å². The first-order chi connectivity index (χ1) is 5.43. The second kappa shape index (κ2) is 17.4. The van der Waals surface area contributed by atoms with Crippen molar-refractivity contribution in [3.05, 3.63) is 0 Å². The van der Waals surface area contributed by atoms with Crippen LogP contribution >= 0.6 is 0 Å². The summed E-state index contributed by atoms with van der Waals surface area (Å²) in [6.07, 6.45) is -1.33. The molecule has 0 unspecified atom stereocenters. The van der Waals surface area contributed by atoms with E-state index >= 15 is 0 Å². The summed E-state index contributed by atoms with van der Waals surface area (Å²) in [5.74, 6) is -5.38. The van der Waals surface area contributed by atoms with Crippen molar-refractivity contribution in [2.75, 3.05) is 0 Å². The van der Waals surface area contributed by atoms with Gasteiger partial charge in [-0.15, -0.1) is 0 Å². The molecule has 10 heteroatoms. The summed E-state index contributed by atoms with van der Waals surface area (Å²) in [5, 5.41) is 24.7. The fourth-order valence-electron chi connectivity index (χ4n) is 0.668. The topological polar surface area (TPSA) is 112 Å². The van der Waals surface area contributed by atoms with Crippen LogP contribution in [0.5, 0.6) is 0 Å². The van der Waals surface area contributed by atoms with Crippen LogP contribution < -0.4 is 118 Å². The molecule has 0 aromatic heterocycles. The summed E-state index contributed by atoms with van der Waals surface area (Å²) in [7, 11) is 0. The first-order valence-electron chi connectivity index (χ1n) is 3.10. The maximum Gasteiger partial charge on any atom is 1.00 e. The van der Waals surface area contributed by atoms with Crippen molar-refractivity contribution in [1.29, 1.82) is 0 Å². The number of carboxylic acid groups (broad SMARTS) is 3. The van der Waals surface area contributed by atoms with Crippen molar-refractivity contribution in [2.24, 2.45) is 5.92 Å². The van der Waals surface area contributed by atoms with E-state index in [9.17, 15) is 14.4 Å². The Kier molecular flexibility index (Phi) is 33.8.